The van der Waals surface area contributed by atoms with Crippen molar-refractivity contribution in [2.75, 3.05) is 0 Å². The zero-order valence-corrected chi connectivity index (χ0v) is 8.83. The predicted molar refractivity (Wildman–Crippen MR) is 51.8 cm³/mol. The Hall–Kier alpha value is -0.610. The van der Waals surface area contributed by atoms with Gasteiger partial charge in [-0.3, -0.25) is 10.5 Å². The molecule has 0 fully saturated rings. The first-order valence-electron chi connectivity index (χ1n) is 4.49. The fraction of sp³-hybridized carbons (Fsp3) is 0.889. The summed E-state index contributed by atoms with van der Waals surface area (Å²) in [4.78, 5) is 11.3. The van der Waals surface area contributed by atoms with Crippen LogP contribution in [-0.2, 0) is 9.53 Å². The van der Waals surface area contributed by atoms with Gasteiger partial charge in [0.05, 0.1) is 0 Å². The number of carbonyl (C=O) groups excluding carboxylic acids is 1. The molecule has 0 saturated heterocycles. The van der Waals surface area contributed by atoms with Crippen LogP contribution in [0.5, 0.6) is 0 Å². The van der Waals surface area contributed by atoms with E-state index in [0.29, 0.717) is 12.3 Å². The fourth-order valence-corrected chi connectivity index (χ4v) is 0.939. The molecule has 0 aliphatic heterocycles. The summed E-state index contributed by atoms with van der Waals surface area (Å²) in [5.74, 6) is -0.0513. The molecule has 0 bridgehead atoms. The Bertz CT molecular complexity index is 173. The summed E-state index contributed by atoms with van der Waals surface area (Å²) in [7, 11) is 0. The number of esters is 1. The number of ether oxygens (including phenoxy) is 1. The molecule has 4 heteroatoms. The second-order valence-electron chi connectivity index (χ2n) is 4.26. The molecule has 0 aromatic rings. The lowest BCUT2D eigenvalue weighted by Crippen LogP contribution is -2.44. The van der Waals surface area contributed by atoms with Crippen LogP contribution >= 0.6 is 0 Å². The predicted octanol–water partition coefficient (Wildman–Crippen LogP) is 0.598. The van der Waals surface area contributed by atoms with Gasteiger partial charge in [0.2, 0.25) is 0 Å². The Balaban J connectivity index is 3.97. The maximum atomic E-state index is 11.3. The first-order chi connectivity index (χ1) is 5.72. The number of carbonyl (C=O) groups is 1. The Morgan fingerprint density at radius 3 is 2.23 bits per heavy atom. The molecule has 4 nitrogen and oxygen atoms in total. The quantitative estimate of drug-likeness (QED) is 0.500. The standard InChI is InChI=1S/C9H20N2O2/c1-6(2)5-7(10)8(12)13-9(3,4)11/h6-7H,5,10-11H2,1-4H3/t7-/m0/s1. The molecule has 0 radical (unpaired) electrons. The molecule has 0 aromatic heterocycles. The molecule has 1 atom stereocenters. The molecule has 0 amide bonds. The van der Waals surface area contributed by atoms with Crippen molar-refractivity contribution in [3.8, 4) is 0 Å². The zero-order valence-electron chi connectivity index (χ0n) is 8.83. The zero-order chi connectivity index (χ0) is 10.6. The van der Waals surface area contributed by atoms with Crippen LogP contribution in [0.2, 0.25) is 0 Å². The van der Waals surface area contributed by atoms with E-state index in [1.165, 1.54) is 0 Å². The highest BCUT2D eigenvalue weighted by Gasteiger charge is 2.22. The van der Waals surface area contributed by atoms with Gasteiger partial charge >= 0.3 is 5.97 Å². The summed E-state index contributed by atoms with van der Waals surface area (Å²) < 4.78 is 4.91. The molecular weight excluding hydrogens is 168 g/mol. The molecule has 0 saturated carbocycles. The van der Waals surface area contributed by atoms with Gasteiger partial charge in [-0.25, -0.2) is 0 Å². The molecule has 4 N–H and O–H groups in total. The van der Waals surface area contributed by atoms with Crippen LogP contribution in [0, 0.1) is 5.92 Å². The molecular formula is C9H20N2O2. The minimum absolute atomic E-state index is 0.378. The van der Waals surface area contributed by atoms with Crippen molar-refractivity contribution in [2.24, 2.45) is 17.4 Å². The van der Waals surface area contributed by atoms with Crippen LogP contribution in [0.25, 0.3) is 0 Å². The van der Waals surface area contributed by atoms with E-state index in [9.17, 15) is 4.79 Å². The van der Waals surface area contributed by atoms with Crippen molar-refractivity contribution in [2.45, 2.75) is 45.9 Å². The van der Waals surface area contributed by atoms with E-state index in [-0.39, 0.29) is 0 Å². The third-order valence-corrected chi connectivity index (χ3v) is 1.39. The molecule has 0 aromatic carbocycles. The second-order valence-corrected chi connectivity index (χ2v) is 4.26. The van der Waals surface area contributed by atoms with E-state index in [1.807, 2.05) is 13.8 Å². The molecule has 0 unspecified atom stereocenters. The van der Waals surface area contributed by atoms with E-state index in [4.69, 9.17) is 16.2 Å². The van der Waals surface area contributed by atoms with Crippen molar-refractivity contribution in [3.63, 3.8) is 0 Å². The second kappa shape index (κ2) is 4.58. The van der Waals surface area contributed by atoms with Gasteiger partial charge in [-0.15, -0.1) is 0 Å². The Labute approximate surface area is 79.6 Å². The molecule has 0 spiro atoms. The van der Waals surface area contributed by atoms with E-state index in [0.717, 1.165) is 0 Å². The summed E-state index contributed by atoms with van der Waals surface area (Å²) in [6, 6.07) is -0.567. The van der Waals surface area contributed by atoms with E-state index < -0.39 is 17.7 Å². The van der Waals surface area contributed by atoms with Gasteiger partial charge in [-0.05, 0) is 26.2 Å². The summed E-state index contributed by atoms with van der Waals surface area (Å²) in [6.07, 6.45) is 0.620. The van der Waals surface area contributed by atoms with Gasteiger partial charge in [0, 0.05) is 0 Å². The SMILES string of the molecule is CC(C)C[C@H](N)C(=O)OC(C)(C)N. The van der Waals surface area contributed by atoms with E-state index in [2.05, 4.69) is 0 Å². The van der Waals surface area contributed by atoms with Crippen molar-refractivity contribution in [1.82, 2.24) is 0 Å². The van der Waals surface area contributed by atoms with Gasteiger partial charge in [0.25, 0.3) is 0 Å². The third kappa shape index (κ3) is 6.54. The lowest BCUT2D eigenvalue weighted by Gasteiger charge is -2.22. The monoisotopic (exact) mass is 188 g/mol. The van der Waals surface area contributed by atoms with Crippen LogP contribution in [0.1, 0.15) is 34.1 Å². The van der Waals surface area contributed by atoms with Crippen molar-refractivity contribution in [3.05, 3.63) is 0 Å². The van der Waals surface area contributed by atoms with Gasteiger partial charge in [0.15, 0.2) is 5.72 Å². The maximum Gasteiger partial charge on any atom is 0.324 e. The van der Waals surface area contributed by atoms with E-state index >= 15 is 0 Å². The number of hydrogen-bond donors (Lipinski definition) is 2. The van der Waals surface area contributed by atoms with Crippen LogP contribution in [0.4, 0.5) is 0 Å². The van der Waals surface area contributed by atoms with Gasteiger partial charge in [0.1, 0.15) is 6.04 Å². The molecule has 13 heavy (non-hydrogen) atoms. The number of hydrogen-bond acceptors (Lipinski definition) is 4. The normalized spacial score (nSPS) is 14.4. The van der Waals surface area contributed by atoms with Crippen LogP contribution in [0.3, 0.4) is 0 Å². The summed E-state index contributed by atoms with van der Waals surface area (Å²) in [6.45, 7) is 7.24. The van der Waals surface area contributed by atoms with Crippen molar-refractivity contribution in [1.29, 1.82) is 0 Å². The average Bonchev–Trinajstić information content (AvgIpc) is 1.81. The largest absolute Gasteiger partial charge is 0.444 e. The summed E-state index contributed by atoms with van der Waals surface area (Å²) >= 11 is 0. The topological polar surface area (TPSA) is 78.3 Å². The number of rotatable bonds is 4. The lowest BCUT2D eigenvalue weighted by molar-refractivity contribution is -0.157. The Morgan fingerprint density at radius 1 is 1.46 bits per heavy atom. The van der Waals surface area contributed by atoms with E-state index in [1.54, 1.807) is 13.8 Å². The lowest BCUT2D eigenvalue weighted by atomic mass is 10.0. The van der Waals surface area contributed by atoms with Crippen molar-refractivity contribution >= 4 is 5.97 Å². The first kappa shape index (κ1) is 12.4. The van der Waals surface area contributed by atoms with Gasteiger partial charge in [-0.2, -0.15) is 0 Å². The minimum atomic E-state index is -0.939. The highest BCUT2D eigenvalue weighted by atomic mass is 16.6. The molecule has 0 heterocycles. The third-order valence-electron chi connectivity index (χ3n) is 1.39. The smallest absolute Gasteiger partial charge is 0.324 e. The molecule has 78 valence electrons. The molecule has 0 aliphatic rings. The Kier molecular flexibility index (Phi) is 4.36. The van der Waals surface area contributed by atoms with Crippen LogP contribution in [0.15, 0.2) is 0 Å². The first-order valence-corrected chi connectivity index (χ1v) is 4.49. The molecule has 0 aliphatic carbocycles. The Morgan fingerprint density at radius 2 is 1.92 bits per heavy atom. The average molecular weight is 188 g/mol. The highest BCUT2D eigenvalue weighted by Crippen LogP contribution is 2.07. The highest BCUT2D eigenvalue weighted by molar-refractivity contribution is 5.75. The van der Waals surface area contributed by atoms with Gasteiger partial charge in [-0.1, -0.05) is 13.8 Å². The summed E-state index contributed by atoms with van der Waals surface area (Å²) in [5.41, 5.74) is 10.2. The van der Waals surface area contributed by atoms with Crippen LogP contribution < -0.4 is 11.5 Å². The summed E-state index contributed by atoms with van der Waals surface area (Å²) in [5, 5.41) is 0. The molecule has 0 rings (SSSR count). The van der Waals surface area contributed by atoms with Crippen LogP contribution in [-0.4, -0.2) is 17.7 Å². The van der Waals surface area contributed by atoms with Crippen molar-refractivity contribution < 1.29 is 9.53 Å². The van der Waals surface area contributed by atoms with Gasteiger partial charge < -0.3 is 10.5 Å². The minimum Gasteiger partial charge on any atom is -0.444 e. The fourth-order valence-electron chi connectivity index (χ4n) is 0.939. The maximum absolute atomic E-state index is 11.3. The number of nitrogens with two attached hydrogens (primary N) is 2.